The van der Waals surface area contributed by atoms with E-state index in [1.807, 2.05) is 25.1 Å². The van der Waals surface area contributed by atoms with Crippen LogP contribution in [0.5, 0.6) is 0 Å². The van der Waals surface area contributed by atoms with Crippen LogP contribution in [0.15, 0.2) is 42.5 Å². The minimum atomic E-state index is -3.32. The van der Waals surface area contributed by atoms with Crippen LogP contribution >= 0.6 is 0 Å². The Kier molecular flexibility index (Phi) is 4.46. The Hall–Kier alpha value is -2.34. The molecule has 142 valence electrons. The van der Waals surface area contributed by atoms with E-state index >= 15 is 0 Å². The van der Waals surface area contributed by atoms with Crippen LogP contribution in [0.2, 0.25) is 0 Å². The summed E-state index contributed by atoms with van der Waals surface area (Å²) in [6.45, 7) is 1.89. The van der Waals surface area contributed by atoms with Crippen molar-refractivity contribution in [3.05, 3.63) is 64.7 Å². The average Bonchev–Trinajstić information content (AvgIpc) is 2.97. The Morgan fingerprint density at radius 1 is 1.15 bits per heavy atom. The Labute approximate surface area is 160 Å². The van der Waals surface area contributed by atoms with Crippen LogP contribution in [0, 0.1) is 0 Å². The summed E-state index contributed by atoms with van der Waals surface area (Å²) in [5.41, 5.74) is 4.68. The monoisotopic (exact) mass is 384 g/mol. The fourth-order valence-electron chi connectivity index (χ4n) is 4.39. The molecule has 2 atom stereocenters. The molecule has 0 unspecified atom stereocenters. The van der Waals surface area contributed by atoms with Gasteiger partial charge in [0.25, 0.3) is 5.91 Å². The molecular weight excluding hydrogens is 360 g/mol. The summed E-state index contributed by atoms with van der Waals surface area (Å²) in [5, 5.41) is 3.16. The lowest BCUT2D eigenvalue weighted by molar-refractivity contribution is 0.0932. The van der Waals surface area contributed by atoms with Gasteiger partial charge in [-0.25, -0.2) is 8.42 Å². The van der Waals surface area contributed by atoms with Crippen LogP contribution < -0.4 is 9.62 Å². The van der Waals surface area contributed by atoms with Crippen molar-refractivity contribution in [3.8, 4) is 0 Å². The second kappa shape index (κ2) is 6.68. The Morgan fingerprint density at radius 3 is 2.70 bits per heavy atom. The van der Waals surface area contributed by atoms with Gasteiger partial charge in [-0.05, 0) is 67.5 Å². The predicted octanol–water partition coefficient (Wildman–Crippen LogP) is 3.20. The first kappa shape index (κ1) is 18.0. The van der Waals surface area contributed by atoms with E-state index in [2.05, 4.69) is 17.4 Å². The summed E-state index contributed by atoms with van der Waals surface area (Å²) in [6, 6.07) is 13.5. The number of anilines is 1. The van der Waals surface area contributed by atoms with Gasteiger partial charge in [0.2, 0.25) is 10.0 Å². The number of carbonyl (C=O) groups is 1. The first-order valence-corrected chi connectivity index (χ1v) is 11.2. The maximum absolute atomic E-state index is 12.8. The lowest BCUT2D eigenvalue weighted by Crippen LogP contribution is -2.34. The predicted molar refractivity (Wildman–Crippen MR) is 107 cm³/mol. The smallest absolute Gasteiger partial charge is 0.251 e. The van der Waals surface area contributed by atoms with Crippen molar-refractivity contribution in [1.29, 1.82) is 0 Å². The van der Waals surface area contributed by atoms with Gasteiger partial charge in [0, 0.05) is 11.6 Å². The Morgan fingerprint density at radius 2 is 1.93 bits per heavy atom. The second-order valence-electron chi connectivity index (χ2n) is 7.57. The molecule has 0 bridgehead atoms. The number of hydrogen-bond donors (Lipinski definition) is 1. The molecule has 0 saturated heterocycles. The van der Waals surface area contributed by atoms with Crippen molar-refractivity contribution in [1.82, 2.24) is 5.32 Å². The number of nitrogens with zero attached hydrogens (tertiary/aromatic N) is 1. The molecule has 27 heavy (non-hydrogen) atoms. The van der Waals surface area contributed by atoms with Crippen LogP contribution in [0.25, 0.3) is 0 Å². The van der Waals surface area contributed by atoms with Gasteiger partial charge in [-0.2, -0.15) is 0 Å². The fourth-order valence-corrected chi connectivity index (χ4v) is 5.66. The SMILES string of the molecule is C[C@@H]1Cc2cc(C(=O)N[C@H]3CCCc4ccccc43)ccc2N1S(C)(=O)=O. The molecule has 4 rings (SSSR count). The summed E-state index contributed by atoms with van der Waals surface area (Å²) < 4.78 is 25.5. The van der Waals surface area contributed by atoms with E-state index in [1.54, 1.807) is 12.1 Å². The van der Waals surface area contributed by atoms with Crippen LogP contribution in [-0.4, -0.2) is 26.6 Å². The van der Waals surface area contributed by atoms with Crippen molar-refractivity contribution >= 4 is 21.6 Å². The number of sulfonamides is 1. The quantitative estimate of drug-likeness (QED) is 0.884. The Balaban J connectivity index is 1.58. The normalized spacial score (nSPS) is 21.5. The van der Waals surface area contributed by atoms with Gasteiger partial charge in [0.05, 0.1) is 18.0 Å². The van der Waals surface area contributed by atoms with Crippen molar-refractivity contribution in [2.45, 2.75) is 44.7 Å². The number of fused-ring (bicyclic) bond motifs is 2. The fraction of sp³-hybridized carbons (Fsp3) is 0.381. The molecule has 5 nitrogen and oxygen atoms in total. The lowest BCUT2D eigenvalue weighted by Gasteiger charge is -2.26. The van der Waals surface area contributed by atoms with E-state index < -0.39 is 10.0 Å². The van der Waals surface area contributed by atoms with Crippen molar-refractivity contribution in [3.63, 3.8) is 0 Å². The van der Waals surface area contributed by atoms with Gasteiger partial charge in [-0.1, -0.05) is 24.3 Å². The van der Waals surface area contributed by atoms with E-state index in [0.29, 0.717) is 17.7 Å². The third kappa shape index (κ3) is 3.34. The molecule has 6 heteroatoms. The molecule has 1 N–H and O–H groups in total. The number of amides is 1. The summed E-state index contributed by atoms with van der Waals surface area (Å²) in [6.07, 6.45) is 4.90. The van der Waals surface area contributed by atoms with E-state index in [-0.39, 0.29) is 18.0 Å². The van der Waals surface area contributed by atoms with E-state index in [1.165, 1.54) is 21.7 Å². The lowest BCUT2D eigenvalue weighted by atomic mass is 9.87. The molecule has 1 heterocycles. The van der Waals surface area contributed by atoms with Gasteiger partial charge in [-0.15, -0.1) is 0 Å². The molecule has 1 aliphatic heterocycles. The summed E-state index contributed by atoms with van der Waals surface area (Å²) in [7, 11) is -3.32. The molecular formula is C21H24N2O3S. The first-order valence-electron chi connectivity index (χ1n) is 9.35. The van der Waals surface area contributed by atoms with Gasteiger partial charge < -0.3 is 5.32 Å². The molecule has 0 fully saturated rings. The minimum absolute atomic E-state index is 0.0298. The van der Waals surface area contributed by atoms with Crippen LogP contribution in [-0.2, 0) is 22.9 Å². The number of nitrogens with one attached hydrogen (secondary N) is 1. The zero-order valence-electron chi connectivity index (χ0n) is 15.6. The highest BCUT2D eigenvalue weighted by molar-refractivity contribution is 7.92. The third-order valence-corrected chi connectivity index (χ3v) is 6.80. The van der Waals surface area contributed by atoms with Crippen molar-refractivity contribution in [2.75, 3.05) is 10.6 Å². The Bertz CT molecular complexity index is 1000. The molecule has 2 aromatic rings. The molecule has 0 saturated carbocycles. The summed E-state index contributed by atoms with van der Waals surface area (Å²) >= 11 is 0. The van der Waals surface area contributed by atoms with E-state index in [4.69, 9.17) is 0 Å². The van der Waals surface area contributed by atoms with Crippen LogP contribution in [0.1, 0.15) is 52.9 Å². The first-order chi connectivity index (χ1) is 12.8. The maximum Gasteiger partial charge on any atom is 0.251 e. The molecule has 2 aliphatic rings. The number of rotatable bonds is 3. The van der Waals surface area contributed by atoms with Gasteiger partial charge in [0.1, 0.15) is 0 Å². The van der Waals surface area contributed by atoms with Gasteiger partial charge in [-0.3, -0.25) is 9.10 Å². The van der Waals surface area contributed by atoms with Crippen molar-refractivity contribution < 1.29 is 13.2 Å². The molecule has 2 aromatic carbocycles. The molecule has 0 spiro atoms. The summed E-state index contributed by atoms with van der Waals surface area (Å²) in [4.78, 5) is 12.8. The topological polar surface area (TPSA) is 66.5 Å². The average molecular weight is 385 g/mol. The van der Waals surface area contributed by atoms with Crippen LogP contribution in [0.4, 0.5) is 5.69 Å². The summed E-state index contributed by atoms with van der Waals surface area (Å²) in [5.74, 6) is -0.107. The second-order valence-corrected chi connectivity index (χ2v) is 9.43. The highest BCUT2D eigenvalue weighted by Crippen LogP contribution is 2.35. The highest BCUT2D eigenvalue weighted by Gasteiger charge is 2.33. The molecule has 1 aliphatic carbocycles. The number of carbonyl (C=O) groups excluding carboxylic acids is 1. The molecule has 1 amide bonds. The number of aryl methyl sites for hydroxylation is 1. The minimum Gasteiger partial charge on any atom is -0.345 e. The standard InChI is InChI=1S/C21H24N2O3S/c1-14-12-17-13-16(10-11-20(17)23(14)27(2,25)26)21(24)22-19-9-5-7-15-6-3-4-8-18(15)19/h3-4,6,8,10-11,13-14,19H,5,7,9,12H2,1-2H3,(H,22,24)/t14-,19+/m1/s1. The van der Waals surface area contributed by atoms with E-state index in [9.17, 15) is 13.2 Å². The third-order valence-electron chi connectivity index (χ3n) is 5.53. The van der Waals surface area contributed by atoms with Crippen molar-refractivity contribution in [2.24, 2.45) is 0 Å². The number of hydrogen-bond acceptors (Lipinski definition) is 3. The van der Waals surface area contributed by atoms with Gasteiger partial charge in [0.15, 0.2) is 0 Å². The maximum atomic E-state index is 12.8. The van der Waals surface area contributed by atoms with Gasteiger partial charge >= 0.3 is 0 Å². The number of benzene rings is 2. The van der Waals surface area contributed by atoms with Crippen LogP contribution in [0.3, 0.4) is 0 Å². The zero-order valence-corrected chi connectivity index (χ0v) is 16.4. The zero-order chi connectivity index (χ0) is 19.2. The molecule has 0 aromatic heterocycles. The molecule has 0 radical (unpaired) electrons. The van der Waals surface area contributed by atoms with E-state index in [0.717, 1.165) is 24.8 Å². The largest absolute Gasteiger partial charge is 0.345 e. The highest BCUT2D eigenvalue weighted by atomic mass is 32.2.